The van der Waals surface area contributed by atoms with E-state index in [9.17, 15) is 0 Å². The van der Waals surface area contributed by atoms with Gasteiger partial charge in [0.2, 0.25) is 0 Å². The molecule has 0 saturated carbocycles. The molecule has 0 aliphatic carbocycles. The van der Waals surface area contributed by atoms with E-state index in [-0.39, 0.29) is 11.4 Å². The van der Waals surface area contributed by atoms with Gasteiger partial charge < -0.3 is 20.4 Å². The van der Waals surface area contributed by atoms with Gasteiger partial charge in [0, 0.05) is 33.2 Å². The maximum Gasteiger partial charge on any atom is 0.140 e. The highest BCUT2D eigenvalue weighted by molar-refractivity contribution is 5.79. The summed E-state index contributed by atoms with van der Waals surface area (Å²) in [5.41, 5.74) is 5.33. The lowest BCUT2D eigenvalue weighted by atomic mass is 10.2. The van der Waals surface area contributed by atoms with Crippen LogP contribution >= 0.6 is 0 Å². The van der Waals surface area contributed by atoms with Crippen LogP contribution in [0.1, 0.15) is 27.2 Å². The third kappa shape index (κ3) is 10.3. The largest absolute Gasteiger partial charge is 0.409 e. The van der Waals surface area contributed by atoms with Gasteiger partial charge in [0.05, 0.1) is 18.8 Å². The van der Waals surface area contributed by atoms with Crippen LogP contribution in [0.25, 0.3) is 0 Å². The standard InChI is InChI=1S/C12H27N3O3/c1-12(2,3)18-10-8-15(7-9-17-4)6-5-11(13)14-16/h16H,5-10H2,1-4H3,(H2,13,14). The van der Waals surface area contributed by atoms with Crippen molar-refractivity contribution in [3.05, 3.63) is 0 Å². The number of hydrogen-bond donors (Lipinski definition) is 2. The van der Waals surface area contributed by atoms with E-state index in [1.54, 1.807) is 7.11 Å². The van der Waals surface area contributed by atoms with Crippen molar-refractivity contribution < 1.29 is 14.7 Å². The zero-order valence-corrected chi connectivity index (χ0v) is 12.0. The first-order valence-electron chi connectivity index (χ1n) is 6.20. The molecule has 18 heavy (non-hydrogen) atoms. The number of amidine groups is 1. The molecule has 0 aliphatic rings. The minimum Gasteiger partial charge on any atom is -0.409 e. The Morgan fingerprint density at radius 2 is 1.83 bits per heavy atom. The van der Waals surface area contributed by atoms with Crippen LogP contribution in [0.5, 0.6) is 0 Å². The molecule has 0 atom stereocenters. The molecule has 6 nitrogen and oxygen atoms in total. The molecule has 0 bridgehead atoms. The molecule has 0 radical (unpaired) electrons. The van der Waals surface area contributed by atoms with Gasteiger partial charge in [0.25, 0.3) is 0 Å². The van der Waals surface area contributed by atoms with Crippen molar-refractivity contribution in [1.29, 1.82) is 0 Å². The third-order valence-corrected chi connectivity index (χ3v) is 2.37. The fraction of sp³-hybridized carbons (Fsp3) is 0.917. The summed E-state index contributed by atoms with van der Waals surface area (Å²) in [6.45, 7) is 9.75. The second-order valence-electron chi connectivity index (χ2n) is 5.14. The average molecular weight is 261 g/mol. The number of methoxy groups -OCH3 is 1. The molecule has 3 N–H and O–H groups in total. The van der Waals surface area contributed by atoms with E-state index < -0.39 is 0 Å². The molecule has 108 valence electrons. The van der Waals surface area contributed by atoms with Crippen LogP contribution in [-0.2, 0) is 9.47 Å². The van der Waals surface area contributed by atoms with Gasteiger partial charge >= 0.3 is 0 Å². The summed E-state index contributed by atoms with van der Waals surface area (Å²) in [7, 11) is 1.67. The number of hydrogen-bond acceptors (Lipinski definition) is 5. The Hall–Kier alpha value is -0.850. The van der Waals surface area contributed by atoms with Crippen LogP contribution in [0.3, 0.4) is 0 Å². The molecule has 0 aromatic heterocycles. The van der Waals surface area contributed by atoms with Crippen LogP contribution in [-0.4, -0.2) is 61.5 Å². The predicted molar refractivity (Wildman–Crippen MR) is 72.0 cm³/mol. The average Bonchev–Trinajstić information content (AvgIpc) is 2.29. The Balaban J connectivity index is 3.98. The molecule has 0 unspecified atom stereocenters. The summed E-state index contributed by atoms with van der Waals surface area (Å²) in [5.74, 6) is 0.245. The molecular formula is C12H27N3O3. The van der Waals surface area contributed by atoms with Gasteiger partial charge in [-0.3, -0.25) is 4.90 Å². The second kappa shape index (κ2) is 9.13. The molecule has 0 fully saturated rings. The molecule has 0 rings (SSSR count). The molecule has 0 amide bonds. The molecule has 0 aliphatic heterocycles. The Bertz CT molecular complexity index is 239. The number of oxime groups is 1. The molecular weight excluding hydrogens is 234 g/mol. The van der Waals surface area contributed by atoms with Crippen molar-refractivity contribution in [3.8, 4) is 0 Å². The summed E-state index contributed by atoms with van der Waals surface area (Å²) in [6, 6.07) is 0. The van der Waals surface area contributed by atoms with Crippen molar-refractivity contribution in [3.63, 3.8) is 0 Å². The minimum atomic E-state index is -0.126. The van der Waals surface area contributed by atoms with Crippen molar-refractivity contribution in [2.75, 3.05) is 40.0 Å². The van der Waals surface area contributed by atoms with Crippen molar-refractivity contribution in [2.45, 2.75) is 32.8 Å². The van der Waals surface area contributed by atoms with Gasteiger partial charge in [-0.05, 0) is 20.8 Å². The third-order valence-electron chi connectivity index (χ3n) is 2.37. The quantitative estimate of drug-likeness (QED) is 0.279. The van der Waals surface area contributed by atoms with Gasteiger partial charge in [0.15, 0.2) is 0 Å². The molecule has 0 aromatic rings. The fourth-order valence-corrected chi connectivity index (χ4v) is 1.36. The van der Waals surface area contributed by atoms with Gasteiger partial charge in [-0.2, -0.15) is 0 Å². The van der Waals surface area contributed by atoms with Gasteiger partial charge in [-0.1, -0.05) is 5.16 Å². The van der Waals surface area contributed by atoms with E-state index in [1.807, 2.05) is 20.8 Å². The Morgan fingerprint density at radius 1 is 1.22 bits per heavy atom. The van der Waals surface area contributed by atoms with Crippen LogP contribution < -0.4 is 5.73 Å². The van der Waals surface area contributed by atoms with Crippen LogP contribution in [0, 0.1) is 0 Å². The smallest absolute Gasteiger partial charge is 0.140 e. The zero-order valence-electron chi connectivity index (χ0n) is 12.0. The summed E-state index contributed by atoms with van der Waals surface area (Å²) in [6.07, 6.45) is 0.537. The van der Waals surface area contributed by atoms with E-state index in [2.05, 4.69) is 10.1 Å². The second-order valence-corrected chi connectivity index (χ2v) is 5.14. The monoisotopic (exact) mass is 261 g/mol. The summed E-state index contributed by atoms with van der Waals surface area (Å²) in [4.78, 5) is 2.17. The molecule has 0 saturated heterocycles. The van der Waals surface area contributed by atoms with Crippen LogP contribution in [0.15, 0.2) is 5.16 Å². The highest BCUT2D eigenvalue weighted by Crippen LogP contribution is 2.06. The van der Waals surface area contributed by atoms with E-state index in [1.165, 1.54) is 0 Å². The summed E-state index contributed by atoms with van der Waals surface area (Å²) in [5, 5.41) is 11.5. The molecule has 0 heterocycles. The zero-order chi connectivity index (χ0) is 14.0. The lowest BCUT2D eigenvalue weighted by Crippen LogP contribution is -2.35. The maximum atomic E-state index is 8.50. The van der Waals surface area contributed by atoms with E-state index in [4.69, 9.17) is 20.4 Å². The SMILES string of the molecule is COCCN(CCOC(C)(C)C)CCC(N)=NO. The van der Waals surface area contributed by atoms with E-state index >= 15 is 0 Å². The first-order valence-corrected chi connectivity index (χ1v) is 6.20. The molecule has 0 spiro atoms. The Kier molecular flexibility index (Phi) is 8.70. The van der Waals surface area contributed by atoms with E-state index in [0.29, 0.717) is 19.6 Å². The van der Waals surface area contributed by atoms with Crippen molar-refractivity contribution in [1.82, 2.24) is 4.90 Å². The van der Waals surface area contributed by atoms with Crippen LogP contribution in [0.4, 0.5) is 0 Å². The van der Waals surface area contributed by atoms with Crippen molar-refractivity contribution >= 4 is 5.84 Å². The maximum absolute atomic E-state index is 8.50. The highest BCUT2D eigenvalue weighted by atomic mass is 16.5. The Labute approximate surface area is 110 Å². The molecule has 0 aromatic carbocycles. The first kappa shape index (κ1) is 17.2. The van der Waals surface area contributed by atoms with Gasteiger partial charge in [-0.25, -0.2) is 0 Å². The lowest BCUT2D eigenvalue weighted by Gasteiger charge is -2.25. The minimum absolute atomic E-state index is 0.126. The Morgan fingerprint density at radius 3 is 2.33 bits per heavy atom. The first-order chi connectivity index (χ1) is 8.39. The fourth-order valence-electron chi connectivity index (χ4n) is 1.36. The summed E-state index contributed by atoms with van der Waals surface area (Å²) >= 11 is 0. The predicted octanol–water partition coefficient (Wildman–Crippen LogP) is 0.886. The lowest BCUT2D eigenvalue weighted by molar-refractivity contribution is -0.0146. The number of ether oxygens (including phenoxy) is 2. The molecule has 6 heteroatoms. The number of nitrogens with two attached hydrogens (primary N) is 1. The van der Waals surface area contributed by atoms with Crippen LogP contribution in [0.2, 0.25) is 0 Å². The van der Waals surface area contributed by atoms with E-state index in [0.717, 1.165) is 19.6 Å². The van der Waals surface area contributed by atoms with Crippen molar-refractivity contribution in [2.24, 2.45) is 10.9 Å². The number of rotatable bonds is 9. The van der Waals surface area contributed by atoms with Gasteiger partial charge in [-0.15, -0.1) is 0 Å². The number of nitrogens with zero attached hydrogens (tertiary/aromatic N) is 2. The topological polar surface area (TPSA) is 80.3 Å². The van der Waals surface area contributed by atoms with Gasteiger partial charge in [0.1, 0.15) is 5.84 Å². The summed E-state index contributed by atoms with van der Waals surface area (Å²) < 4.78 is 10.7. The highest BCUT2D eigenvalue weighted by Gasteiger charge is 2.11. The normalized spacial score (nSPS) is 13.3.